The van der Waals surface area contributed by atoms with E-state index in [1.807, 2.05) is 0 Å². The van der Waals surface area contributed by atoms with Gasteiger partial charge >= 0.3 is 6.03 Å². The van der Waals surface area contributed by atoms with Crippen LogP contribution >= 0.6 is 15.9 Å². The zero-order chi connectivity index (χ0) is 10.4. The number of carbonyl (C=O) groups excluding carboxylic acids is 1. The minimum absolute atomic E-state index is 0.295. The fourth-order valence-corrected chi connectivity index (χ4v) is 1.07. The number of alkyl halides is 1. The van der Waals surface area contributed by atoms with Crippen LogP contribution in [-0.2, 0) is 0 Å². The molecule has 0 heterocycles. The minimum atomic E-state index is -0.323. The summed E-state index contributed by atoms with van der Waals surface area (Å²) < 4.78 is 12.5. The first kappa shape index (κ1) is 11.0. The highest BCUT2D eigenvalue weighted by atomic mass is 79.9. The third-order valence-electron chi connectivity index (χ3n) is 1.48. The van der Waals surface area contributed by atoms with Crippen LogP contribution in [0.25, 0.3) is 0 Å². The van der Waals surface area contributed by atoms with E-state index in [-0.39, 0.29) is 11.8 Å². The molecule has 0 aliphatic heterocycles. The van der Waals surface area contributed by atoms with Crippen LogP contribution in [0.4, 0.5) is 14.9 Å². The number of rotatable bonds is 3. The van der Waals surface area contributed by atoms with Crippen molar-refractivity contribution in [1.82, 2.24) is 5.32 Å². The molecule has 0 unspecified atom stereocenters. The Balaban J connectivity index is 2.44. The average Bonchev–Trinajstić information content (AvgIpc) is 2.18. The Morgan fingerprint density at radius 3 is 2.57 bits per heavy atom. The number of hydrogen-bond donors (Lipinski definition) is 2. The first-order valence-corrected chi connectivity index (χ1v) is 5.21. The zero-order valence-electron chi connectivity index (χ0n) is 7.39. The van der Waals surface area contributed by atoms with Gasteiger partial charge in [0.05, 0.1) is 0 Å². The van der Waals surface area contributed by atoms with Gasteiger partial charge in [-0.3, -0.25) is 0 Å². The second-order valence-corrected chi connectivity index (χ2v) is 3.37. The lowest BCUT2D eigenvalue weighted by molar-refractivity contribution is 0.252. The van der Waals surface area contributed by atoms with Gasteiger partial charge in [0.25, 0.3) is 0 Å². The van der Waals surface area contributed by atoms with Crippen molar-refractivity contribution in [2.75, 3.05) is 17.2 Å². The number of nitrogens with one attached hydrogen (secondary N) is 2. The average molecular weight is 261 g/mol. The van der Waals surface area contributed by atoms with E-state index < -0.39 is 0 Å². The Labute approximate surface area is 89.8 Å². The number of halogens is 2. The number of benzene rings is 1. The van der Waals surface area contributed by atoms with E-state index in [9.17, 15) is 9.18 Å². The van der Waals surface area contributed by atoms with Crippen LogP contribution in [0, 0.1) is 5.82 Å². The summed E-state index contributed by atoms with van der Waals surface area (Å²) >= 11 is 3.18. The molecular weight excluding hydrogens is 251 g/mol. The summed E-state index contributed by atoms with van der Waals surface area (Å²) in [5.74, 6) is -0.323. The Kier molecular flexibility index (Phi) is 4.39. The Morgan fingerprint density at radius 1 is 1.36 bits per heavy atom. The Hall–Kier alpha value is -1.10. The van der Waals surface area contributed by atoms with Crippen molar-refractivity contribution in [3.63, 3.8) is 0 Å². The standard InChI is InChI=1S/C9H10BrFN2O/c10-5-6-12-9(14)13-8-3-1-7(11)2-4-8/h1-4H,5-6H2,(H2,12,13,14). The molecule has 76 valence electrons. The maximum Gasteiger partial charge on any atom is 0.319 e. The number of urea groups is 1. The number of hydrogen-bond acceptors (Lipinski definition) is 1. The van der Waals surface area contributed by atoms with E-state index in [0.717, 1.165) is 0 Å². The van der Waals surface area contributed by atoms with Crippen LogP contribution in [0.1, 0.15) is 0 Å². The zero-order valence-corrected chi connectivity index (χ0v) is 8.97. The molecule has 0 aromatic heterocycles. The summed E-state index contributed by atoms with van der Waals surface area (Å²) in [5, 5.41) is 5.87. The van der Waals surface area contributed by atoms with Crippen LogP contribution in [0.15, 0.2) is 24.3 Å². The molecule has 2 N–H and O–H groups in total. The third kappa shape index (κ3) is 3.74. The molecule has 1 aromatic carbocycles. The summed E-state index contributed by atoms with van der Waals surface area (Å²) in [6.45, 7) is 0.549. The highest BCUT2D eigenvalue weighted by Crippen LogP contribution is 2.07. The van der Waals surface area contributed by atoms with Gasteiger partial charge in [0.1, 0.15) is 5.82 Å². The largest absolute Gasteiger partial charge is 0.337 e. The molecule has 0 bridgehead atoms. The van der Waals surface area contributed by atoms with E-state index in [0.29, 0.717) is 17.6 Å². The van der Waals surface area contributed by atoms with Crippen LogP contribution in [-0.4, -0.2) is 17.9 Å². The summed E-state index contributed by atoms with van der Waals surface area (Å²) in [6, 6.07) is 5.29. The summed E-state index contributed by atoms with van der Waals surface area (Å²) in [6.07, 6.45) is 0. The Morgan fingerprint density at radius 2 is 2.00 bits per heavy atom. The fourth-order valence-electron chi connectivity index (χ4n) is 0.869. The molecular formula is C9H10BrFN2O. The highest BCUT2D eigenvalue weighted by Gasteiger charge is 1.99. The maximum atomic E-state index is 12.5. The predicted octanol–water partition coefficient (Wildman–Crippen LogP) is 2.34. The second kappa shape index (κ2) is 5.59. The molecule has 0 saturated heterocycles. The molecule has 1 aromatic rings. The fraction of sp³-hybridized carbons (Fsp3) is 0.222. The SMILES string of the molecule is O=C(NCCBr)Nc1ccc(F)cc1. The van der Waals surface area contributed by atoms with Gasteiger partial charge in [-0.1, -0.05) is 15.9 Å². The lowest BCUT2D eigenvalue weighted by Gasteiger charge is -2.05. The number of amides is 2. The molecule has 0 saturated carbocycles. The van der Waals surface area contributed by atoms with E-state index in [1.54, 1.807) is 0 Å². The maximum absolute atomic E-state index is 12.5. The lowest BCUT2D eigenvalue weighted by Crippen LogP contribution is -2.30. The van der Waals surface area contributed by atoms with Crippen LogP contribution < -0.4 is 10.6 Å². The summed E-state index contributed by atoms with van der Waals surface area (Å²) in [5.41, 5.74) is 0.568. The molecule has 0 aliphatic carbocycles. The molecule has 2 amide bonds. The van der Waals surface area contributed by atoms with Crippen LogP contribution in [0.2, 0.25) is 0 Å². The normalized spacial score (nSPS) is 9.57. The van der Waals surface area contributed by atoms with Crippen LogP contribution in [0.3, 0.4) is 0 Å². The Bertz CT molecular complexity index is 302. The van der Waals surface area contributed by atoms with Gasteiger partial charge in [-0.05, 0) is 24.3 Å². The molecule has 5 heteroatoms. The van der Waals surface area contributed by atoms with E-state index in [1.165, 1.54) is 24.3 Å². The van der Waals surface area contributed by atoms with Crippen molar-refractivity contribution in [3.8, 4) is 0 Å². The number of carbonyl (C=O) groups is 1. The molecule has 0 atom stereocenters. The van der Waals surface area contributed by atoms with Crippen molar-refractivity contribution in [2.45, 2.75) is 0 Å². The monoisotopic (exact) mass is 260 g/mol. The van der Waals surface area contributed by atoms with E-state index in [4.69, 9.17) is 0 Å². The van der Waals surface area contributed by atoms with E-state index >= 15 is 0 Å². The minimum Gasteiger partial charge on any atom is -0.337 e. The smallest absolute Gasteiger partial charge is 0.319 e. The van der Waals surface area contributed by atoms with Crippen molar-refractivity contribution in [3.05, 3.63) is 30.1 Å². The van der Waals surface area contributed by atoms with Gasteiger partial charge in [-0.2, -0.15) is 0 Å². The quantitative estimate of drug-likeness (QED) is 0.805. The first-order chi connectivity index (χ1) is 6.72. The molecule has 14 heavy (non-hydrogen) atoms. The molecule has 1 rings (SSSR count). The summed E-state index contributed by atoms with van der Waals surface area (Å²) in [7, 11) is 0. The van der Waals surface area contributed by atoms with Gasteiger partial charge in [0.2, 0.25) is 0 Å². The van der Waals surface area contributed by atoms with Gasteiger partial charge < -0.3 is 10.6 Å². The first-order valence-electron chi connectivity index (χ1n) is 4.09. The van der Waals surface area contributed by atoms with E-state index in [2.05, 4.69) is 26.6 Å². The molecule has 3 nitrogen and oxygen atoms in total. The molecule has 0 radical (unpaired) electrons. The lowest BCUT2D eigenvalue weighted by atomic mass is 10.3. The molecule has 0 spiro atoms. The van der Waals surface area contributed by atoms with Gasteiger partial charge in [0, 0.05) is 17.6 Å². The van der Waals surface area contributed by atoms with Gasteiger partial charge in [0.15, 0.2) is 0 Å². The topological polar surface area (TPSA) is 41.1 Å². The summed E-state index contributed by atoms with van der Waals surface area (Å²) in [4.78, 5) is 11.1. The van der Waals surface area contributed by atoms with Crippen molar-refractivity contribution in [1.29, 1.82) is 0 Å². The van der Waals surface area contributed by atoms with Crippen LogP contribution in [0.5, 0.6) is 0 Å². The molecule has 0 aliphatic rings. The van der Waals surface area contributed by atoms with Crippen molar-refractivity contribution >= 4 is 27.6 Å². The second-order valence-electron chi connectivity index (χ2n) is 2.58. The third-order valence-corrected chi connectivity index (χ3v) is 1.88. The molecule has 0 fully saturated rings. The van der Waals surface area contributed by atoms with Gasteiger partial charge in [-0.25, -0.2) is 9.18 Å². The van der Waals surface area contributed by atoms with Crippen molar-refractivity contribution < 1.29 is 9.18 Å². The number of anilines is 1. The predicted molar refractivity (Wildman–Crippen MR) is 57.2 cm³/mol. The highest BCUT2D eigenvalue weighted by molar-refractivity contribution is 9.09. The van der Waals surface area contributed by atoms with Gasteiger partial charge in [-0.15, -0.1) is 0 Å². The van der Waals surface area contributed by atoms with Crippen molar-refractivity contribution in [2.24, 2.45) is 0 Å².